The smallest absolute Gasteiger partial charge is 0.263 e. The molecule has 3 aromatic rings. The topological polar surface area (TPSA) is 8.17 Å². The van der Waals surface area contributed by atoms with E-state index < -0.39 is 6.43 Å². The van der Waals surface area contributed by atoms with Crippen molar-refractivity contribution in [3.8, 4) is 16.9 Å². The van der Waals surface area contributed by atoms with Gasteiger partial charge in [-0.15, -0.1) is 0 Å². The predicted molar refractivity (Wildman–Crippen MR) is 95.2 cm³/mol. The Kier molecular flexibility index (Phi) is 4.38. The Balaban J connectivity index is 2.02. The molecule has 0 spiro atoms. The molecule has 0 N–H and O–H groups in total. The van der Waals surface area contributed by atoms with Crippen molar-refractivity contribution >= 4 is 5.69 Å². The predicted octanol–water partition coefficient (Wildman–Crippen LogP) is 5.46. The molecule has 2 aromatic carbocycles. The van der Waals surface area contributed by atoms with Crippen LogP contribution in [-0.4, -0.2) is 18.7 Å². The summed E-state index contributed by atoms with van der Waals surface area (Å²) in [5.41, 5.74) is 5.24. The number of hydrogen-bond acceptors (Lipinski definition) is 1. The van der Waals surface area contributed by atoms with Gasteiger partial charge in [0.2, 0.25) is 0 Å². The Bertz CT molecular complexity index is 816. The molecule has 0 bridgehead atoms. The van der Waals surface area contributed by atoms with E-state index >= 15 is 0 Å². The first kappa shape index (κ1) is 16.2. The molecule has 0 aliphatic rings. The van der Waals surface area contributed by atoms with Gasteiger partial charge in [-0.3, -0.25) is 0 Å². The van der Waals surface area contributed by atoms with Crippen molar-refractivity contribution in [2.45, 2.75) is 13.3 Å². The van der Waals surface area contributed by atoms with Gasteiger partial charge in [0.25, 0.3) is 6.43 Å². The Morgan fingerprint density at radius 2 is 1.46 bits per heavy atom. The molecule has 3 rings (SSSR count). The molecule has 24 heavy (non-hydrogen) atoms. The lowest BCUT2D eigenvalue weighted by molar-refractivity contribution is 0.151. The van der Waals surface area contributed by atoms with Crippen LogP contribution in [0, 0.1) is 6.92 Å². The average Bonchev–Trinajstić information content (AvgIpc) is 2.96. The van der Waals surface area contributed by atoms with E-state index in [1.54, 1.807) is 12.1 Å². The van der Waals surface area contributed by atoms with Crippen molar-refractivity contribution in [2.75, 3.05) is 19.0 Å². The van der Waals surface area contributed by atoms with Crippen molar-refractivity contribution in [3.63, 3.8) is 0 Å². The number of aryl methyl sites for hydroxylation is 1. The van der Waals surface area contributed by atoms with Crippen LogP contribution in [0.5, 0.6) is 0 Å². The summed E-state index contributed by atoms with van der Waals surface area (Å²) in [5, 5.41) is 0. The van der Waals surface area contributed by atoms with E-state index in [1.807, 2.05) is 33.2 Å². The summed E-state index contributed by atoms with van der Waals surface area (Å²) in [7, 11) is 4.01. The summed E-state index contributed by atoms with van der Waals surface area (Å²) in [6, 6.07) is 18.8. The first-order valence-electron chi connectivity index (χ1n) is 7.82. The van der Waals surface area contributed by atoms with Gasteiger partial charge in [-0.25, -0.2) is 8.78 Å². The maximum Gasteiger partial charge on any atom is 0.263 e. The molecular weight excluding hydrogens is 306 g/mol. The number of benzene rings is 2. The third-order valence-electron chi connectivity index (χ3n) is 4.16. The van der Waals surface area contributed by atoms with E-state index in [4.69, 9.17) is 0 Å². The van der Waals surface area contributed by atoms with Crippen molar-refractivity contribution in [1.29, 1.82) is 0 Å². The molecule has 0 amide bonds. The van der Waals surface area contributed by atoms with Gasteiger partial charge in [0.15, 0.2) is 0 Å². The fourth-order valence-corrected chi connectivity index (χ4v) is 2.81. The van der Waals surface area contributed by atoms with Gasteiger partial charge < -0.3 is 9.47 Å². The van der Waals surface area contributed by atoms with Gasteiger partial charge in [0, 0.05) is 36.7 Å². The third kappa shape index (κ3) is 3.04. The molecule has 1 aromatic heterocycles. The lowest BCUT2D eigenvalue weighted by atomic mass is 10.1. The Morgan fingerprint density at radius 1 is 0.833 bits per heavy atom. The van der Waals surface area contributed by atoms with Crippen molar-refractivity contribution in [3.05, 3.63) is 71.9 Å². The fourth-order valence-electron chi connectivity index (χ4n) is 2.81. The number of nitrogens with zero attached hydrogens (tertiary/aromatic N) is 2. The number of alkyl halides is 2. The van der Waals surface area contributed by atoms with Gasteiger partial charge >= 0.3 is 0 Å². The summed E-state index contributed by atoms with van der Waals surface area (Å²) in [5.74, 6) is 0. The van der Waals surface area contributed by atoms with Crippen molar-refractivity contribution in [2.24, 2.45) is 0 Å². The first-order chi connectivity index (χ1) is 11.5. The van der Waals surface area contributed by atoms with Crippen LogP contribution >= 0.6 is 0 Å². The molecule has 0 aliphatic heterocycles. The fraction of sp³-hybridized carbons (Fsp3) is 0.200. The van der Waals surface area contributed by atoms with E-state index in [0.29, 0.717) is 0 Å². The van der Waals surface area contributed by atoms with Crippen LogP contribution in [-0.2, 0) is 0 Å². The highest BCUT2D eigenvalue weighted by molar-refractivity contribution is 5.65. The number of anilines is 1. The Morgan fingerprint density at radius 3 is 2.00 bits per heavy atom. The molecule has 0 atom stereocenters. The second-order valence-electron chi connectivity index (χ2n) is 6.03. The van der Waals surface area contributed by atoms with Gasteiger partial charge in [-0.05, 0) is 48.9 Å². The number of aromatic nitrogens is 1. The normalized spacial score (nSPS) is 11.1. The largest absolute Gasteiger partial charge is 0.378 e. The molecule has 0 saturated heterocycles. The van der Waals surface area contributed by atoms with Crippen LogP contribution in [0.4, 0.5) is 14.5 Å². The lowest BCUT2D eigenvalue weighted by Crippen LogP contribution is -2.08. The summed E-state index contributed by atoms with van der Waals surface area (Å²) < 4.78 is 27.6. The molecule has 0 radical (unpaired) electrons. The molecule has 0 unspecified atom stereocenters. The van der Waals surface area contributed by atoms with Crippen LogP contribution in [0.3, 0.4) is 0 Å². The second kappa shape index (κ2) is 6.48. The zero-order valence-corrected chi connectivity index (χ0v) is 14.0. The zero-order valence-electron chi connectivity index (χ0n) is 14.0. The van der Waals surface area contributed by atoms with E-state index in [1.165, 1.54) is 12.1 Å². The summed E-state index contributed by atoms with van der Waals surface area (Å²) in [4.78, 5) is 2.05. The highest BCUT2D eigenvalue weighted by Gasteiger charge is 2.11. The lowest BCUT2D eigenvalue weighted by Gasteiger charge is -2.16. The van der Waals surface area contributed by atoms with Gasteiger partial charge in [-0.2, -0.15) is 0 Å². The summed E-state index contributed by atoms with van der Waals surface area (Å²) in [6.45, 7) is 2.04. The second-order valence-corrected chi connectivity index (χ2v) is 6.03. The van der Waals surface area contributed by atoms with E-state index in [-0.39, 0.29) is 5.56 Å². The van der Waals surface area contributed by atoms with Crippen LogP contribution in [0.1, 0.15) is 17.7 Å². The monoisotopic (exact) mass is 326 g/mol. The van der Waals surface area contributed by atoms with Crippen LogP contribution < -0.4 is 4.90 Å². The minimum atomic E-state index is -2.44. The molecule has 0 saturated carbocycles. The van der Waals surface area contributed by atoms with Crippen molar-refractivity contribution < 1.29 is 8.78 Å². The third-order valence-corrected chi connectivity index (χ3v) is 4.16. The highest BCUT2D eigenvalue weighted by Crippen LogP contribution is 2.29. The average molecular weight is 326 g/mol. The molecule has 124 valence electrons. The van der Waals surface area contributed by atoms with Gasteiger partial charge in [0.1, 0.15) is 0 Å². The minimum absolute atomic E-state index is 0.0453. The highest BCUT2D eigenvalue weighted by atomic mass is 19.3. The maximum atomic E-state index is 12.7. The molecule has 2 nitrogen and oxygen atoms in total. The first-order valence-corrected chi connectivity index (χ1v) is 7.82. The molecule has 4 heteroatoms. The number of rotatable bonds is 4. The number of hydrogen-bond donors (Lipinski definition) is 0. The SMILES string of the molecule is Cc1ccc(-c2ccc(C(F)F)cc2)n1-c1ccc(N(C)C)cc1. The maximum absolute atomic E-state index is 12.7. The van der Waals surface area contributed by atoms with Crippen LogP contribution in [0.25, 0.3) is 16.9 Å². The van der Waals surface area contributed by atoms with E-state index in [9.17, 15) is 8.78 Å². The van der Waals surface area contributed by atoms with Gasteiger partial charge in [-0.1, -0.05) is 24.3 Å². The Labute approximate surface area is 141 Å². The zero-order chi connectivity index (χ0) is 17.3. The van der Waals surface area contributed by atoms with Crippen LogP contribution in [0.2, 0.25) is 0 Å². The molecule has 0 aliphatic carbocycles. The number of halogens is 2. The molecule has 1 heterocycles. The standard InChI is InChI=1S/C20H20F2N2/c1-14-4-13-19(15-5-7-16(8-6-15)20(21)22)24(14)18-11-9-17(10-12-18)23(2)3/h4-13,20H,1-3H3. The summed E-state index contributed by atoms with van der Waals surface area (Å²) in [6.07, 6.45) is -2.44. The van der Waals surface area contributed by atoms with E-state index in [0.717, 1.165) is 28.3 Å². The minimum Gasteiger partial charge on any atom is -0.378 e. The quantitative estimate of drug-likeness (QED) is 0.618. The van der Waals surface area contributed by atoms with Gasteiger partial charge in [0.05, 0.1) is 5.69 Å². The molecule has 0 fully saturated rings. The van der Waals surface area contributed by atoms with E-state index in [2.05, 4.69) is 33.7 Å². The Hall–Kier alpha value is -2.62. The summed E-state index contributed by atoms with van der Waals surface area (Å²) >= 11 is 0. The van der Waals surface area contributed by atoms with Crippen molar-refractivity contribution in [1.82, 2.24) is 4.57 Å². The molecular formula is C20H20F2N2. The van der Waals surface area contributed by atoms with Crippen LogP contribution in [0.15, 0.2) is 60.7 Å².